The van der Waals surface area contributed by atoms with Crippen LogP contribution in [0.1, 0.15) is 13.8 Å². The van der Waals surface area contributed by atoms with Crippen molar-refractivity contribution in [2.45, 2.75) is 26.9 Å². The summed E-state index contributed by atoms with van der Waals surface area (Å²) >= 11 is 3.40. The van der Waals surface area contributed by atoms with Crippen molar-refractivity contribution in [3.05, 3.63) is 22.9 Å². The Morgan fingerprint density at radius 3 is 2.54 bits per heavy atom. The molecule has 0 radical (unpaired) electrons. The summed E-state index contributed by atoms with van der Waals surface area (Å²) in [7, 11) is 0. The topological polar surface area (TPSA) is 26.9 Å². The number of imidazole rings is 1. The lowest BCUT2D eigenvalue weighted by Gasteiger charge is -2.06. The van der Waals surface area contributed by atoms with Gasteiger partial charge in [0.1, 0.15) is 0 Å². The first-order valence-electron chi connectivity index (χ1n) is 4.50. The Labute approximate surface area is 86.5 Å². The summed E-state index contributed by atoms with van der Waals surface area (Å²) in [6.45, 7) is 5.62. The Morgan fingerprint density at radius 1 is 1.46 bits per heavy atom. The second-order valence-electron chi connectivity index (χ2n) is 3.28. The van der Waals surface area contributed by atoms with Crippen molar-refractivity contribution in [3.8, 4) is 0 Å². The third-order valence-corrected chi connectivity index (χ3v) is 3.14. The van der Waals surface area contributed by atoms with E-state index in [1.165, 1.54) is 0 Å². The zero-order valence-corrected chi connectivity index (χ0v) is 9.62. The number of hydrogen-bond acceptors (Lipinski definition) is 1. The van der Waals surface area contributed by atoms with E-state index < -0.39 is 0 Å². The van der Waals surface area contributed by atoms with Gasteiger partial charge in [0.25, 0.3) is 0 Å². The first-order valence-corrected chi connectivity index (χ1v) is 5.62. The molecule has 0 saturated heterocycles. The van der Waals surface area contributed by atoms with E-state index in [0.717, 1.165) is 18.4 Å². The van der Waals surface area contributed by atoms with Crippen LogP contribution in [0.4, 0.5) is 0 Å². The normalized spacial score (nSPS) is 13.2. The van der Waals surface area contributed by atoms with Gasteiger partial charge in [-0.15, -0.1) is 0 Å². The van der Waals surface area contributed by atoms with Gasteiger partial charge in [0.2, 0.25) is 0 Å². The van der Waals surface area contributed by atoms with Crippen molar-refractivity contribution in [3.63, 3.8) is 0 Å². The summed E-state index contributed by atoms with van der Waals surface area (Å²) in [4.78, 5) is 11.6. The minimum absolute atomic E-state index is 0.0929. The predicted octanol–water partition coefficient (Wildman–Crippen LogP) is 1.70. The second-order valence-corrected chi connectivity index (χ2v) is 3.93. The van der Waals surface area contributed by atoms with Crippen molar-refractivity contribution in [2.24, 2.45) is 5.92 Å². The van der Waals surface area contributed by atoms with E-state index in [1.54, 1.807) is 9.13 Å². The average Bonchev–Trinajstić information content (AvgIpc) is 2.48. The zero-order valence-electron chi connectivity index (χ0n) is 8.03. The molecule has 0 aliphatic rings. The number of nitrogens with zero attached hydrogens (tertiary/aromatic N) is 2. The summed E-state index contributed by atoms with van der Waals surface area (Å²) in [6, 6.07) is 0. The molecule has 74 valence electrons. The van der Waals surface area contributed by atoms with Crippen LogP contribution in [-0.4, -0.2) is 14.5 Å². The maximum absolute atomic E-state index is 11.6. The molecule has 0 amide bonds. The van der Waals surface area contributed by atoms with Crippen molar-refractivity contribution in [2.75, 3.05) is 5.33 Å². The number of aryl methyl sites for hydroxylation is 1. The van der Waals surface area contributed by atoms with Crippen LogP contribution < -0.4 is 5.69 Å². The molecule has 4 heteroatoms. The lowest BCUT2D eigenvalue weighted by atomic mass is 10.2. The fourth-order valence-corrected chi connectivity index (χ4v) is 1.42. The van der Waals surface area contributed by atoms with Crippen molar-refractivity contribution in [1.29, 1.82) is 0 Å². The summed E-state index contributed by atoms with van der Waals surface area (Å²) in [5.74, 6) is 0.491. The van der Waals surface area contributed by atoms with Gasteiger partial charge in [-0.2, -0.15) is 0 Å². The smallest absolute Gasteiger partial charge is 0.300 e. The van der Waals surface area contributed by atoms with Gasteiger partial charge >= 0.3 is 5.69 Å². The summed E-state index contributed by atoms with van der Waals surface area (Å²) in [5, 5.41) is 0.927. The van der Waals surface area contributed by atoms with Crippen LogP contribution in [0.2, 0.25) is 0 Å². The summed E-state index contributed by atoms with van der Waals surface area (Å²) in [6.07, 6.45) is 3.69. The molecule has 0 aliphatic carbocycles. The molecule has 0 N–H and O–H groups in total. The molecule has 13 heavy (non-hydrogen) atoms. The Bertz CT molecular complexity index is 316. The lowest BCUT2D eigenvalue weighted by molar-refractivity contribution is 0.511. The molecule has 3 nitrogen and oxygen atoms in total. The maximum Gasteiger partial charge on any atom is 0.328 e. The molecule has 0 saturated carbocycles. The number of alkyl halides is 1. The van der Waals surface area contributed by atoms with Gasteiger partial charge in [0.15, 0.2) is 0 Å². The molecule has 1 atom stereocenters. The van der Waals surface area contributed by atoms with Crippen LogP contribution in [-0.2, 0) is 13.1 Å². The van der Waals surface area contributed by atoms with Gasteiger partial charge in [-0.1, -0.05) is 22.9 Å². The molecule has 0 bridgehead atoms. The Hall–Kier alpha value is -0.510. The van der Waals surface area contributed by atoms with Crippen LogP contribution in [0.5, 0.6) is 0 Å². The van der Waals surface area contributed by atoms with E-state index in [-0.39, 0.29) is 5.69 Å². The molecule has 1 aromatic heterocycles. The Balaban J connectivity index is 2.78. The second kappa shape index (κ2) is 4.65. The van der Waals surface area contributed by atoms with Crippen molar-refractivity contribution < 1.29 is 0 Å². The predicted molar refractivity (Wildman–Crippen MR) is 57.3 cm³/mol. The highest BCUT2D eigenvalue weighted by molar-refractivity contribution is 9.09. The van der Waals surface area contributed by atoms with E-state index >= 15 is 0 Å². The molecular formula is C9H15BrN2O. The zero-order chi connectivity index (χ0) is 9.84. The SMILES string of the molecule is CCn1ccn(CC(C)CBr)c1=O. The van der Waals surface area contributed by atoms with Crippen molar-refractivity contribution in [1.82, 2.24) is 9.13 Å². The largest absolute Gasteiger partial charge is 0.328 e. The van der Waals surface area contributed by atoms with E-state index in [1.807, 2.05) is 19.3 Å². The molecule has 0 fully saturated rings. The maximum atomic E-state index is 11.6. The Kier molecular flexibility index (Phi) is 3.78. The molecule has 0 aromatic carbocycles. The lowest BCUT2D eigenvalue weighted by Crippen LogP contribution is -2.25. The van der Waals surface area contributed by atoms with Crippen LogP contribution in [0.25, 0.3) is 0 Å². The fraction of sp³-hybridized carbons (Fsp3) is 0.667. The molecular weight excluding hydrogens is 232 g/mol. The summed E-state index contributed by atoms with van der Waals surface area (Å²) < 4.78 is 3.47. The first-order chi connectivity index (χ1) is 6.19. The van der Waals surface area contributed by atoms with Gasteiger partial charge in [0.05, 0.1) is 0 Å². The minimum atomic E-state index is 0.0929. The number of aromatic nitrogens is 2. The first kappa shape index (κ1) is 10.6. The fourth-order valence-electron chi connectivity index (χ4n) is 1.22. The Morgan fingerprint density at radius 2 is 2.08 bits per heavy atom. The third-order valence-electron chi connectivity index (χ3n) is 2.03. The molecule has 0 spiro atoms. The van der Waals surface area contributed by atoms with Crippen molar-refractivity contribution >= 4 is 15.9 Å². The standard InChI is InChI=1S/C9H15BrN2O/c1-3-11-4-5-12(9(11)13)7-8(2)6-10/h4-5,8H,3,6-7H2,1-2H3. The van der Waals surface area contributed by atoms with Gasteiger partial charge < -0.3 is 0 Å². The van der Waals surface area contributed by atoms with Crippen LogP contribution in [0.15, 0.2) is 17.2 Å². The molecule has 1 aromatic rings. The molecule has 1 rings (SSSR count). The number of hydrogen-bond donors (Lipinski definition) is 0. The van der Waals surface area contributed by atoms with Gasteiger partial charge in [-0.05, 0) is 12.8 Å². The highest BCUT2D eigenvalue weighted by Gasteiger charge is 2.05. The van der Waals surface area contributed by atoms with Gasteiger partial charge in [-0.25, -0.2) is 4.79 Å². The van der Waals surface area contributed by atoms with E-state index in [0.29, 0.717) is 5.92 Å². The van der Waals surface area contributed by atoms with Crippen LogP contribution in [0, 0.1) is 5.92 Å². The van der Waals surface area contributed by atoms with Gasteiger partial charge in [-0.3, -0.25) is 9.13 Å². The van der Waals surface area contributed by atoms with Crippen LogP contribution in [0.3, 0.4) is 0 Å². The van der Waals surface area contributed by atoms with E-state index in [4.69, 9.17) is 0 Å². The quantitative estimate of drug-likeness (QED) is 0.744. The van der Waals surface area contributed by atoms with E-state index in [2.05, 4.69) is 22.9 Å². The highest BCUT2D eigenvalue weighted by Crippen LogP contribution is 2.02. The number of halogens is 1. The van der Waals surface area contributed by atoms with Crippen LogP contribution >= 0.6 is 15.9 Å². The number of rotatable bonds is 4. The molecule has 1 unspecified atom stereocenters. The molecule has 0 aliphatic heterocycles. The average molecular weight is 247 g/mol. The monoisotopic (exact) mass is 246 g/mol. The van der Waals surface area contributed by atoms with Gasteiger partial charge in [0, 0.05) is 30.8 Å². The highest BCUT2D eigenvalue weighted by atomic mass is 79.9. The third kappa shape index (κ3) is 2.46. The minimum Gasteiger partial charge on any atom is -0.300 e. The molecule has 1 heterocycles. The van der Waals surface area contributed by atoms with E-state index in [9.17, 15) is 4.79 Å². The summed E-state index contributed by atoms with van der Waals surface area (Å²) in [5.41, 5.74) is 0.0929.